The molecule has 0 bridgehead atoms. The summed E-state index contributed by atoms with van der Waals surface area (Å²) in [5.41, 5.74) is 1.16. The summed E-state index contributed by atoms with van der Waals surface area (Å²) < 4.78 is 13.1. The van der Waals surface area contributed by atoms with Gasteiger partial charge in [0.1, 0.15) is 0 Å². The number of para-hydroxylation sites is 2. The first-order valence-electron chi connectivity index (χ1n) is 9.90. The first kappa shape index (κ1) is 23.5. The number of carbonyl (C=O) groups excluding carboxylic acids is 1. The topological polar surface area (TPSA) is 50.8 Å². The molecule has 0 aliphatic carbocycles. The molecule has 0 atom stereocenters. The van der Waals surface area contributed by atoms with Crippen molar-refractivity contribution in [1.82, 2.24) is 4.90 Å². The Morgan fingerprint density at radius 2 is 1.69 bits per heavy atom. The molecule has 0 saturated carbocycles. The quantitative estimate of drug-likeness (QED) is 0.532. The van der Waals surface area contributed by atoms with Crippen LogP contribution in [0.15, 0.2) is 42.5 Å². The Hall–Kier alpha value is -1.73. The van der Waals surface area contributed by atoms with Gasteiger partial charge in [0.05, 0.1) is 0 Å². The monoisotopic (exact) mass is 506 g/mol. The first-order chi connectivity index (χ1) is 13.3. The fourth-order valence-electron chi connectivity index (χ4n) is 2.80. The van der Waals surface area contributed by atoms with Gasteiger partial charge < -0.3 is 0 Å². The molecule has 0 heterocycles. The van der Waals surface area contributed by atoms with Crippen LogP contribution in [0.5, 0.6) is 11.5 Å². The molecule has 0 aliphatic heterocycles. The van der Waals surface area contributed by atoms with E-state index in [4.69, 9.17) is 9.47 Å². The Morgan fingerprint density at radius 1 is 1.03 bits per heavy atom. The van der Waals surface area contributed by atoms with Crippen LogP contribution in [0.1, 0.15) is 26.3 Å². The van der Waals surface area contributed by atoms with Crippen molar-refractivity contribution >= 4 is 33.7 Å². The van der Waals surface area contributed by atoms with Gasteiger partial charge in [0.2, 0.25) is 0 Å². The number of nitrogens with zero attached hydrogens (tertiary/aromatic N) is 1. The van der Waals surface area contributed by atoms with Crippen LogP contribution < -0.4 is 13.6 Å². The molecule has 1 N–H and O–H groups in total. The van der Waals surface area contributed by atoms with Gasteiger partial charge in [0.25, 0.3) is 0 Å². The third-order valence-electron chi connectivity index (χ3n) is 4.16. The van der Waals surface area contributed by atoms with E-state index >= 15 is 0 Å². The van der Waals surface area contributed by atoms with E-state index in [1.807, 2.05) is 45.0 Å². The van der Waals surface area contributed by atoms with Crippen molar-refractivity contribution < 1.29 is 14.3 Å². The van der Waals surface area contributed by atoms with E-state index in [0.29, 0.717) is 11.4 Å². The summed E-state index contributed by atoms with van der Waals surface area (Å²) in [5.74, 6) is 1.39. The number of amides is 1. The summed E-state index contributed by atoms with van der Waals surface area (Å²) >= 11 is -2.19. The molecule has 5 nitrogen and oxygen atoms in total. The van der Waals surface area contributed by atoms with Crippen molar-refractivity contribution in [3.63, 3.8) is 0 Å². The van der Waals surface area contributed by atoms with Crippen molar-refractivity contribution in [3.8, 4) is 11.5 Å². The van der Waals surface area contributed by atoms with Gasteiger partial charge >= 0.3 is 180 Å². The molecule has 0 fully saturated rings. The Labute approximate surface area is 179 Å². The van der Waals surface area contributed by atoms with Crippen LogP contribution >= 0.6 is 0 Å². The Balaban J connectivity index is 2.33. The van der Waals surface area contributed by atoms with Crippen molar-refractivity contribution in [2.75, 3.05) is 19.4 Å². The predicted molar refractivity (Wildman–Crippen MR) is 123 cm³/mol. The van der Waals surface area contributed by atoms with Gasteiger partial charge in [0.15, 0.2) is 0 Å². The zero-order chi connectivity index (χ0) is 21.8. The Kier molecular flexibility index (Phi) is 7.62. The van der Waals surface area contributed by atoms with E-state index in [1.165, 1.54) is 3.58 Å². The van der Waals surface area contributed by atoms with Gasteiger partial charge in [-0.2, -0.15) is 0 Å². The maximum absolute atomic E-state index is 12.2. The zero-order valence-corrected chi connectivity index (χ0v) is 21.8. The molecule has 158 valence electrons. The molecular weight excluding hydrogens is 471 g/mol. The average Bonchev–Trinajstić information content (AvgIpc) is 2.55. The number of carbonyl (C=O) groups is 1. The summed E-state index contributed by atoms with van der Waals surface area (Å²) in [5, 5.41) is 2.80. The number of anilines is 1. The minimum atomic E-state index is -2.19. The molecule has 6 heteroatoms. The van der Waals surface area contributed by atoms with E-state index < -0.39 is 30.1 Å². The predicted octanol–water partition coefficient (Wildman–Crippen LogP) is 5.43. The molecule has 2 rings (SSSR count). The summed E-state index contributed by atoms with van der Waals surface area (Å²) in [6.45, 7) is 6.30. The second-order valence-corrected chi connectivity index (χ2v) is 24.0. The Morgan fingerprint density at radius 3 is 2.28 bits per heavy atom. The van der Waals surface area contributed by atoms with Crippen molar-refractivity contribution in [1.29, 1.82) is 0 Å². The van der Waals surface area contributed by atoms with Crippen LogP contribution in [0.3, 0.4) is 0 Å². The van der Waals surface area contributed by atoms with Crippen molar-refractivity contribution in [3.05, 3.63) is 48.0 Å². The number of hydrogen-bond acceptors (Lipinski definition) is 4. The SMILES string of the molecule is CN(C)Cc1c[c]([Sn]([CH3])([CH3])[CH3])ccc1Oc1ccccc1NC(=O)OC(C)(C)C. The molecular formula is C23H34N2O3Sn. The first-order valence-corrected chi connectivity index (χ1v) is 19.9. The van der Waals surface area contributed by atoms with Gasteiger partial charge in [-0.1, -0.05) is 0 Å². The van der Waals surface area contributed by atoms with Crippen LogP contribution in [-0.2, 0) is 11.3 Å². The van der Waals surface area contributed by atoms with Crippen LogP contribution in [0.4, 0.5) is 10.5 Å². The molecule has 0 radical (unpaired) electrons. The standard InChI is InChI=1S/C20H25N2O3.3CH3.Sn/c1-20(2,3)25-19(23)21-16-11-7-9-13-18(16)24-17-12-8-6-10-15(17)14-22(4)5;;;;/h7-13H,14H2,1-5H3,(H,21,23);3*1H3;. The molecule has 2 aromatic carbocycles. The van der Waals surface area contributed by atoms with Gasteiger partial charge in [-0.3, -0.25) is 0 Å². The second kappa shape index (κ2) is 9.39. The van der Waals surface area contributed by atoms with Crippen molar-refractivity contribution in [2.45, 2.75) is 47.7 Å². The van der Waals surface area contributed by atoms with Crippen molar-refractivity contribution in [2.24, 2.45) is 0 Å². The van der Waals surface area contributed by atoms with E-state index in [1.54, 1.807) is 0 Å². The van der Waals surface area contributed by atoms with E-state index in [9.17, 15) is 4.79 Å². The van der Waals surface area contributed by atoms with Crippen LogP contribution in [0, 0.1) is 0 Å². The van der Waals surface area contributed by atoms with Crippen LogP contribution in [-0.4, -0.2) is 49.1 Å². The summed E-state index contributed by atoms with van der Waals surface area (Å²) in [7, 11) is 4.10. The number of benzene rings is 2. The van der Waals surface area contributed by atoms with E-state index in [-0.39, 0.29) is 0 Å². The molecule has 1 amide bonds. The second-order valence-electron chi connectivity index (χ2n) is 9.54. The molecule has 2 aromatic rings. The van der Waals surface area contributed by atoms with Gasteiger partial charge in [0, 0.05) is 0 Å². The molecule has 0 aromatic heterocycles. The molecule has 0 aliphatic rings. The van der Waals surface area contributed by atoms with Gasteiger partial charge in [-0.05, 0) is 0 Å². The zero-order valence-electron chi connectivity index (χ0n) is 18.9. The maximum atomic E-state index is 12.2. The van der Waals surface area contributed by atoms with Gasteiger partial charge in [-0.25, -0.2) is 0 Å². The number of ether oxygens (including phenoxy) is 2. The third-order valence-corrected chi connectivity index (χ3v) is 9.99. The van der Waals surface area contributed by atoms with Crippen LogP contribution in [0.25, 0.3) is 0 Å². The average molecular weight is 505 g/mol. The fourth-order valence-corrected chi connectivity index (χ4v) is 6.20. The summed E-state index contributed by atoms with van der Waals surface area (Å²) in [4.78, 5) is 21.6. The molecule has 0 saturated heterocycles. The van der Waals surface area contributed by atoms with E-state index in [2.05, 4.69) is 57.3 Å². The third kappa shape index (κ3) is 7.55. The summed E-state index contributed by atoms with van der Waals surface area (Å²) in [6.07, 6.45) is -0.501. The van der Waals surface area contributed by atoms with Crippen LogP contribution in [0.2, 0.25) is 14.8 Å². The van der Waals surface area contributed by atoms with Gasteiger partial charge in [-0.15, -0.1) is 0 Å². The molecule has 0 unspecified atom stereocenters. The molecule has 29 heavy (non-hydrogen) atoms. The summed E-state index contributed by atoms with van der Waals surface area (Å²) in [6, 6.07) is 13.9. The molecule has 0 spiro atoms. The van der Waals surface area contributed by atoms with E-state index in [0.717, 1.165) is 17.9 Å². The fraction of sp³-hybridized carbons (Fsp3) is 0.435. The number of rotatable bonds is 6. The Bertz CT molecular complexity index is 852. The number of nitrogens with one attached hydrogen (secondary N) is 1. The normalized spacial score (nSPS) is 12.0. The number of hydrogen-bond donors (Lipinski definition) is 1. The minimum absolute atomic E-state index is 0.501.